The van der Waals surface area contributed by atoms with E-state index in [1.54, 1.807) is 11.1 Å². The largest absolute Gasteiger partial charge is 0.333 e. The number of hydrogen-bond acceptors (Lipinski definition) is 4. The third-order valence-corrected chi connectivity index (χ3v) is 5.94. The summed E-state index contributed by atoms with van der Waals surface area (Å²) >= 11 is 0. The van der Waals surface area contributed by atoms with Crippen molar-refractivity contribution in [3.63, 3.8) is 0 Å². The summed E-state index contributed by atoms with van der Waals surface area (Å²) in [6, 6.07) is 9.84. The van der Waals surface area contributed by atoms with Crippen LogP contribution >= 0.6 is 0 Å². The summed E-state index contributed by atoms with van der Waals surface area (Å²) in [7, 11) is 0. The Morgan fingerprint density at radius 1 is 1.21 bits per heavy atom. The van der Waals surface area contributed by atoms with Crippen LogP contribution < -0.4 is 10.2 Å². The SMILES string of the molecule is Cc1cccc(N2CC(C(=O)N3CCNCC3c3cccnc3)CC2=O)c1C. The topological polar surface area (TPSA) is 65.5 Å². The Balaban J connectivity index is 1.55. The maximum Gasteiger partial charge on any atom is 0.228 e. The molecule has 2 amide bonds. The fourth-order valence-corrected chi connectivity index (χ4v) is 4.21. The summed E-state index contributed by atoms with van der Waals surface area (Å²) in [6.07, 6.45) is 3.83. The number of benzene rings is 1. The molecule has 1 aromatic carbocycles. The van der Waals surface area contributed by atoms with Crippen molar-refractivity contribution >= 4 is 17.5 Å². The summed E-state index contributed by atoms with van der Waals surface area (Å²) in [5.41, 5.74) is 4.20. The molecule has 0 spiro atoms. The number of aromatic nitrogens is 1. The van der Waals surface area contributed by atoms with E-state index in [2.05, 4.69) is 10.3 Å². The van der Waals surface area contributed by atoms with Gasteiger partial charge in [0.2, 0.25) is 11.8 Å². The fraction of sp³-hybridized carbons (Fsp3) is 0.409. The van der Waals surface area contributed by atoms with Gasteiger partial charge in [0.15, 0.2) is 0 Å². The van der Waals surface area contributed by atoms with Gasteiger partial charge in [-0.2, -0.15) is 0 Å². The molecule has 2 aromatic rings. The minimum Gasteiger partial charge on any atom is -0.333 e. The van der Waals surface area contributed by atoms with Crippen LogP contribution in [0.15, 0.2) is 42.7 Å². The Morgan fingerprint density at radius 3 is 2.86 bits per heavy atom. The average molecular weight is 378 g/mol. The number of carbonyl (C=O) groups is 2. The molecule has 2 aliphatic heterocycles. The highest BCUT2D eigenvalue weighted by atomic mass is 16.2. The van der Waals surface area contributed by atoms with Crippen LogP contribution in [0.2, 0.25) is 0 Å². The van der Waals surface area contributed by atoms with Crippen molar-refractivity contribution in [2.75, 3.05) is 31.1 Å². The number of amides is 2. The second-order valence-corrected chi connectivity index (χ2v) is 7.66. The summed E-state index contributed by atoms with van der Waals surface area (Å²) in [5, 5.41) is 3.37. The fourth-order valence-electron chi connectivity index (χ4n) is 4.21. The van der Waals surface area contributed by atoms with Gasteiger partial charge in [0.05, 0.1) is 12.0 Å². The van der Waals surface area contributed by atoms with E-state index in [1.165, 1.54) is 0 Å². The number of pyridine rings is 1. The van der Waals surface area contributed by atoms with Crippen LogP contribution in [0.5, 0.6) is 0 Å². The highest BCUT2D eigenvalue weighted by molar-refractivity contribution is 6.01. The predicted octanol–water partition coefficient (Wildman–Crippen LogP) is 2.22. The van der Waals surface area contributed by atoms with Crippen molar-refractivity contribution < 1.29 is 9.59 Å². The molecule has 1 aromatic heterocycles. The lowest BCUT2D eigenvalue weighted by Gasteiger charge is -2.37. The first-order chi connectivity index (χ1) is 13.6. The van der Waals surface area contributed by atoms with E-state index in [4.69, 9.17) is 0 Å². The first kappa shape index (κ1) is 18.6. The highest BCUT2D eigenvalue weighted by Crippen LogP contribution is 2.32. The van der Waals surface area contributed by atoms with Crippen LogP contribution in [-0.2, 0) is 9.59 Å². The smallest absolute Gasteiger partial charge is 0.228 e. The van der Waals surface area contributed by atoms with E-state index in [9.17, 15) is 9.59 Å². The van der Waals surface area contributed by atoms with Crippen molar-refractivity contribution in [2.45, 2.75) is 26.3 Å². The summed E-state index contributed by atoms with van der Waals surface area (Å²) in [5.74, 6) is -0.207. The molecule has 28 heavy (non-hydrogen) atoms. The van der Waals surface area contributed by atoms with Gasteiger partial charge in [-0.15, -0.1) is 0 Å². The summed E-state index contributed by atoms with van der Waals surface area (Å²) in [6.45, 7) is 6.64. The van der Waals surface area contributed by atoms with Gasteiger partial charge in [0.25, 0.3) is 0 Å². The van der Waals surface area contributed by atoms with Gasteiger partial charge in [0, 0.05) is 50.7 Å². The van der Waals surface area contributed by atoms with E-state index in [0.29, 0.717) is 19.6 Å². The van der Waals surface area contributed by atoms with Gasteiger partial charge in [-0.25, -0.2) is 0 Å². The van der Waals surface area contributed by atoms with Gasteiger partial charge in [-0.05, 0) is 42.7 Å². The van der Waals surface area contributed by atoms with Gasteiger partial charge in [-0.3, -0.25) is 14.6 Å². The molecule has 0 bridgehead atoms. The maximum atomic E-state index is 13.4. The molecule has 2 unspecified atom stereocenters. The van der Waals surface area contributed by atoms with Crippen LogP contribution in [-0.4, -0.2) is 47.9 Å². The van der Waals surface area contributed by atoms with Crippen molar-refractivity contribution in [3.05, 3.63) is 59.4 Å². The first-order valence-corrected chi connectivity index (χ1v) is 9.84. The van der Waals surface area contributed by atoms with Crippen molar-refractivity contribution in [1.82, 2.24) is 15.2 Å². The second-order valence-electron chi connectivity index (χ2n) is 7.66. The molecule has 3 heterocycles. The Hall–Kier alpha value is -2.73. The highest BCUT2D eigenvalue weighted by Gasteiger charge is 2.40. The van der Waals surface area contributed by atoms with E-state index < -0.39 is 0 Å². The number of rotatable bonds is 3. The zero-order chi connectivity index (χ0) is 19.7. The Morgan fingerprint density at radius 2 is 2.07 bits per heavy atom. The minimum absolute atomic E-state index is 0.0279. The summed E-state index contributed by atoms with van der Waals surface area (Å²) < 4.78 is 0. The Labute approximate surface area is 165 Å². The van der Waals surface area contributed by atoms with Crippen LogP contribution in [0, 0.1) is 19.8 Å². The minimum atomic E-state index is -0.301. The molecule has 146 valence electrons. The quantitative estimate of drug-likeness (QED) is 0.890. The lowest BCUT2D eigenvalue weighted by molar-refractivity contribution is -0.139. The van der Waals surface area contributed by atoms with Crippen LogP contribution in [0.4, 0.5) is 5.69 Å². The van der Waals surface area contributed by atoms with E-state index >= 15 is 0 Å². The Bertz CT molecular complexity index is 883. The average Bonchev–Trinajstić information content (AvgIpc) is 3.11. The summed E-state index contributed by atoms with van der Waals surface area (Å²) in [4.78, 5) is 34.0. The van der Waals surface area contributed by atoms with Crippen LogP contribution in [0.3, 0.4) is 0 Å². The molecule has 2 fully saturated rings. The lowest BCUT2D eigenvalue weighted by atomic mass is 10.0. The van der Waals surface area contributed by atoms with Crippen molar-refractivity contribution in [2.24, 2.45) is 5.92 Å². The molecule has 4 rings (SSSR count). The van der Waals surface area contributed by atoms with Gasteiger partial charge >= 0.3 is 0 Å². The number of carbonyl (C=O) groups excluding carboxylic acids is 2. The number of aryl methyl sites for hydroxylation is 1. The molecule has 2 saturated heterocycles. The zero-order valence-corrected chi connectivity index (χ0v) is 16.4. The van der Waals surface area contributed by atoms with E-state index in [-0.39, 0.29) is 30.2 Å². The second kappa shape index (κ2) is 7.72. The van der Waals surface area contributed by atoms with Gasteiger partial charge < -0.3 is 15.1 Å². The molecular formula is C22H26N4O2. The van der Waals surface area contributed by atoms with Crippen LogP contribution in [0.1, 0.15) is 29.2 Å². The third kappa shape index (κ3) is 3.40. The first-order valence-electron chi connectivity index (χ1n) is 9.84. The maximum absolute atomic E-state index is 13.4. The molecule has 0 saturated carbocycles. The molecule has 2 aliphatic rings. The zero-order valence-electron chi connectivity index (χ0n) is 16.4. The molecular weight excluding hydrogens is 352 g/mol. The molecule has 6 heteroatoms. The normalized spacial score (nSPS) is 22.6. The molecule has 6 nitrogen and oxygen atoms in total. The number of nitrogens with zero attached hydrogens (tertiary/aromatic N) is 3. The molecule has 0 radical (unpaired) electrons. The lowest BCUT2D eigenvalue weighted by Crippen LogP contribution is -2.50. The standard InChI is InChI=1S/C22H26N4O2/c1-15-5-3-7-19(16(15)2)26-14-18(11-21(26)27)22(28)25-10-9-24-13-20(25)17-6-4-8-23-12-17/h3-8,12,18,20,24H,9-11,13-14H2,1-2H3. The molecule has 0 aliphatic carbocycles. The number of anilines is 1. The number of hydrogen-bond donors (Lipinski definition) is 1. The molecule has 2 atom stereocenters. The third-order valence-electron chi connectivity index (χ3n) is 5.94. The van der Waals surface area contributed by atoms with E-state index in [1.807, 2.05) is 55.3 Å². The van der Waals surface area contributed by atoms with Gasteiger partial charge in [-0.1, -0.05) is 18.2 Å². The molecule has 1 N–H and O–H groups in total. The number of piperazine rings is 1. The predicted molar refractivity (Wildman–Crippen MR) is 108 cm³/mol. The van der Waals surface area contributed by atoms with Crippen molar-refractivity contribution in [1.29, 1.82) is 0 Å². The van der Waals surface area contributed by atoms with E-state index in [0.717, 1.165) is 28.9 Å². The Kier molecular flexibility index (Phi) is 5.13. The van der Waals surface area contributed by atoms with Crippen molar-refractivity contribution in [3.8, 4) is 0 Å². The monoisotopic (exact) mass is 378 g/mol. The van der Waals surface area contributed by atoms with Gasteiger partial charge in [0.1, 0.15) is 0 Å². The number of nitrogens with one attached hydrogen (secondary N) is 1. The van der Waals surface area contributed by atoms with Crippen LogP contribution in [0.25, 0.3) is 0 Å².